The highest BCUT2D eigenvalue weighted by atomic mass is 14.7. The van der Waals surface area contributed by atoms with Gasteiger partial charge in [0.25, 0.3) is 0 Å². The first-order valence-electron chi connectivity index (χ1n) is 20.0. The van der Waals surface area contributed by atoms with Crippen LogP contribution in [0, 0.1) is 40.4 Å². The van der Waals surface area contributed by atoms with Crippen LogP contribution in [0.5, 0.6) is 0 Å². The number of hydrogen-bond acceptors (Lipinski definition) is 0. The van der Waals surface area contributed by atoms with E-state index in [0.29, 0.717) is 16.1 Å². The monoisotopic (exact) mass is 579 g/mol. The van der Waals surface area contributed by atoms with Crippen molar-refractivity contribution in [2.75, 3.05) is 0 Å². The van der Waals surface area contributed by atoms with E-state index < -0.39 is 0 Å². The Morgan fingerprint density at radius 1 is 0.714 bits per heavy atom. The molecule has 4 unspecified atom stereocenters. The van der Waals surface area contributed by atoms with Crippen molar-refractivity contribution in [3.63, 3.8) is 0 Å². The Hall–Kier alpha value is -0.195. The third-order valence-electron chi connectivity index (χ3n) is 14.7. The third-order valence-corrected chi connectivity index (χ3v) is 14.7. The van der Waals surface area contributed by atoms with Gasteiger partial charge in [-0.05, 0) is 90.7 Å². The van der Waals surface area contributed by atoms with Gasteiger partial charge in [-0.15, -0.1) is 0 Å². The Labute approximate surface area is 266 Å². The summed E-state index contributed by atoms with van der Waals surface area (Å²) in [6, 6.07) is 0. The molecule has 4 aliphatic carbocycles. The number of fused-ring (bicyclic) bond motifs is 5. The van der Waals surface area contributed by atoms with E-state index in [-0.39, 0.29) is 0 Å². The molecular weight excluding hydrogens is 503 g/mol. The molecular formula is C41H75B. The molecule has 8 atom stereocenters. The lowest BCUT2D eigenvalue weighted by molar-refractivity contribution is -0.0418. The van der Waals surface area contributed by atoms with Crippen molar-refractivity contribution in [2.45, 2.75) is 207 Å². The molecule has 0 saturated heterocycles. The summed E-state index contributed by atoms with van der Waals surface area (Å²) in [6.45, 7) is 12.9. The summed E-state index contributed by atoms with van der Waals surface area (Å²) < 4.78 is 0. The molecule has 0 radical (unpaired) electrons. The summed E-state index contributed by atoms with van der Waals surface area (Å²) in [5.41, 5.74) is 2.97. The molecule has 0 amide bonds. The molecule has 4 aliphatic rings. The lowest BCUT2D eigenvalue weighted by atomic mass is 9.36. The fraction of sp³-hybridized carbons (Fsp3) is 0.951. The Morgan fingerprint density at radius 2 is 1.26 bits per heavy atom. The normalized spacial score (nSPS) is 36.6. The van der Waals surface area contributed by atoms with Crippen molar-refractivity contribution < 1.29 is 0 Å². The zero-order chi connectivity index (χ0) is 30.1. The molecule has 0 N–H and O–H groups in total. The molecule has 3 saturated carbocycles. The van der Waals surface area contributed by atoms with E-state index in [9.17, 15) is 0 Å². The van der Waals surface area contributed by atoms with Gasteiger partial charge in [-0.3, -0.25) is 0 Å². The maximum Gasteiger partial charge on any atom is 0.110 e. The molecule has 42 heavy (non-hydrogen) atoms. The van der Waals surface area contributed by atoms with Crippen LogP contribution in [-0.2, 0) is 0 Å². The van der Waals surface area contributed by atoms with Crippen molar-refractivity contribution in [1.82, 2.24) is 0 Å². The minimum absolute atomic E-state index is 0.525. The zero-order valence-electron chi connectivity index (χ0n) is 29.8. The van der Waals surface area contributed by atoms with Gasteiger partial charge >= 0.3 is 0 Å². The first-order valence-corrected chi connectivity index (χ1v) is 20.0. The number of allylic oxidation sites excluding steroid dienone is 2. The lowest BCUT2D eigenvalue weighted by Crippen LogP contribution is -2.53. The quantitative estimate of drug-likeness (QED) is 0.0812. The molecule has 4 rings (SSSR count). The van der Waals surface area contributed by atoms with Crippen LogP contribution < -0.4 is 0 Å². The summed E-state index contributed by atoms with van der Waals surface area (Å²) >= 11 is 0. The van der Waals surface area contributed by atoms with Gasteiger partial charge in [0.05, 0.1) is 0 Å². The zero-order valence-corrected chi connectivity index (χ0v) is 29.8. The van der Waals surface area contributed by atoms with Crippen LogP contribution in [0.2, 0.25) is 5.31 Å². The van der Waals surface area contributed by atoms with E-state index >= 15 is 0 Å². The summed E-state index contributed by atoms with van der Waals surface area (Å²) in [4.78, 5) is 0. The van der Waals surface area contributed by atoms with Crippen LogP contribution in [0.15, 0.2) is 11.6 Å². The smallest absolute Gasteiger partial charge is 0.0845 e. The molecule has 0 aliphatic heterocycles. The van der Waals surface area contributed by atoms with Crippen molar-refractivity contribution in [1.29, 1.82) is 0 Å². The van der Waals surface area contributed by atoms with E-state index in [1.54, 1.807) is 0 Å². The maximum atomic E-state index is 2.78. The van der Waals surface area contributed by atoms with Crippen LogP contribution in [0.4, 0.5) is 0 Å². The minimum atomic E-state index is 0.525. The predicted octanol–water partition coefficient (Wildman–Crippen LogP) is 13.1. The van der Waals surface area contributed by atoms with E-state index in [4.69, 9.17) is 0 Å². The molecule has 3 fully saturated rings. The van der Waals surface area contributed by atoms with Gasteiger partial charge in [0.15, 0.2) is 0 Å². The molecule has 0 aromatic rings. The first-order chi connectivity index (χ1) is 20.3. The fourth-order valence-electron chi connectivity index (χ4n) is 11.6. The fourth-order valence-corrected chi connectivity index (χ4v) is 11.6. The van der Waals surface area contributed by atoms with Gasteiger partial charge < -0.3 is 0 Å². The average molecular weight is 579 g/mol. The first kappa shape index (κ1) is 34.7. The number of unbranched alkanes of at least 4 members (excludes halogenated alkanes) is 16. The third kappa shape index (κ3) is 7.95. The number of rotatable bonds is 19. The van der Waals surface area contributed by atoms with E-state index in [0.717, 1.165) is 29.6 Å². The van der Waals surface area contributed by atoms with Crippen molar-refractivity contribution in [3.05, 3.63) is 11.6 Å². The van der Waals surface area contributed by atoms with Crippen molar-refractivity contribution >= 4 is 7.85 Å². The average Bonchev–Trinajstić information content (AvgIpc) is 3.26. The van der Waals surface area contributed by atoms with E-state index in [1.165, 1.54) is 167 Å². The molecule has 0 aromatic heterocycles. The largest absolute Gasteiger partial charge is 0.110 e. The highest BCUT2D eigenvalue weighted by Crippen LogP contribution is 2.75. The molecule has 1 heteroatoms. The van der Waals surface area contributed by atoms with E-state index in [1.807, 2.05) is 5.57 Å². The van der Waals surface area contributed by atoms with Crippen molar-refractivity contribution in [2.24, 2.45) is 40.4 Å². The molecule has 0 aromatic carbocycles. The summed E-state index contributed by atoms with van der Waals surface area (Å²) in [7, 11) is 2.78. The molecule has 242 valence electrons. The lowest BCUT2D eigenvalue weighted by Gasteiger charge is -2.63. The number of hydrogen-bond donors (Lipinski definition) is 0. The topological polar surface area (TPSA) is 0 Å². The Kier molecular flexibility index (Phi) is 13.5. The van der Waals surface area contributed by atoms with Gasteiger partial charge in [0.1, 0.15) is 7.85 Å². The van der Waals surface area contributed by atoms with Crippen LogP contribution in [-0.4, -0.2) is 7.85 Å². The summed E-state index contributed by atoms with van der Waals surface area (Å²) in [5.74, 6) is 4.70. The van der Waals surface area contributed by atoms with Gasteiger partial charge in [0.2, 0.25) is 0 Å². The Morgan fingerprint density at radius 3 is 1.83 bits per heavy atom. The maximum absolute atomic E-state index is 2.78. The molecule has 0 nitrogen and oxygen atoms in total. The summed E-state index contributed by atoms with van der Waals surface area (Å²) in [6.07, 6.45) is 41.1. The van der Waals surface area contributed by atoms with Crippen molar-refractivity contribution in [3.8, 4) is 0 Å². The predicted molar refractivity (Wildman–Crippen MR) is 190 cm³/mol. The molecule has 0 bridgehead atoms. The highest BCUT2D eigenvalue weighted by molar-refractivity contribution is 6.16. The van der Waals surface area contributed by atoms with Crippen LogP contribution in [0.25, 0.3) is 0 Å². The van der Waals surface area contributed by atoms with Crippen LogP contribution in [0.3, 0.4) is 0 Å². The van der Waals surface area contributed by atoms with Gasteiger partial charge in [-0.25, -0.2) is 0 Å². The second-order valence-electron chi connectivity index (χ2n) is 17.4. The second kappa shape index (κ2) is 16.4. The standard InChI is InChI=1S/C41H75B/c1-6-7-8-9-10-11-12-13-14-15-16-17-18-19-20-21-22-23-34(3)36-28-31-41(42)38-25-24-35-32-33(2)26-29-39(35,4)37(38)27-30-40(36,41)5/h24,33-34,36-38H,6-23,25-32,42H2,1-5H3/t33?,34-,36-,37+,38?,39?,40?,41-/m1/s1. The SMILES string of the molecule is B[C@@]12CC[C@H]([C@H](C)CCCCCCCCCCCCCCCCCCC)C1(C)CC[C@H]1C2CC=C2CC(C)CCC21C. The van der Waals surface area contributed by atoms with E-state index in [2.05, 4.69) is 48.5 Å². The molecule has 0 spiro atoms. The van der Waals surface area contributed by atoms with Crippen LogP contribution >= 0.6 is 0 Å². The van der Waals surface area contributed by atoms with Gasteiger partial charge in [0, 0.05) is 0 Å². The highest BCUT2D eigenvalue weighted by Gasteiger charge is 2.64. The Bertz CT molecular complexity index is 814. The summed E-state index contributed by atoms with van der Waals surface area (Å²) in [5, 5.41) is 0.567. The van der Waals surface area contributed by atoms with Gasteiger partial charge in [-0.1, -0.05) is 168 Å². The Balaban J connectivity index is 1.08. The second-order valence-corrected chi connectivity index (χ2v) is 17.4. The van der Waals surface area contributed by atoms with Crippen LogP contribution in [0.1, 0.15) is 202 Å². The molecule has 0 heterocycles. The minimum Gasteiger partial charge on any atom is -0.0845 e. The van der Waals surface area contributed by atoms with Gasteiger partial charge in [-0.2, -0.15) is 0 Å².